The van der Waals surface area contributed by atoms with Crippen LogP contribution in [0.5, 0.6) is 0 Å². The number of nitrogens with one attached hydrogen (secondary N) is 2. The minimum atomic E-state index is -3.65. The Bertz CT molecular complexity index is 307. The van der Waals surface area contributed by atoms with Crippen LogP contribution in [0.25, 0.3) is 0 Å². The topological polar surface area (TPSA) is 95.5 Å². The number of hydrogen-bond donors (Lipinski definition) is 3. The van der Waals surface area contributed by atoms with Gasteiger partial charge < -0.3 is 5.11 Å². The molecule has 1 saturated carbocycles. The molecule has 0 amide bonds. The monoisotopic (exact) mass is 208 g/mol. The highest BCUT2D eigenvalue weighted by atomic mass is 32.2. The zero-order valence-electron chi connectivity index (χ0n) is 7.20. The van der Waals surface area contributed by atoms with E-state index in [-0.39, 0.29) is 6.54 Å². The van der Waals surface area contributed by atoms with Gasteiger partial charge in [-0.1, -0.05) is 6.92 Å². The van der Waals surface area contributed by atoms with E-state index in [9.17, 15) is 13.2 Å². The lowest BCUT2D eigenvalue weighted by Gasteiger charge is -2.12. The van der Waals surface area contributed by atoms with Crippen molar-refractivity contribution in [2.24, 2.45) is 0 Å². The van der Waals surface area contributed by atoms with Gasteiger partial charge in [-0.2, -0.15) is 13.1 Å². The van der Waals surface area contributed by atoms with Crippen LogP contribution in [0.1, 0.15) is 19.8 Å². The van der Waals surface area contributed by atoms with Crippen molar-refractivity contribution in [3.8, 4) is 0 Å². The average Bonchev–Trinajstić information content (AvgIpc) is 2.67. The van der Waals surface area contributed by atoms with Crippen molar-refractivity contribution in [1.29, 1.82) is 0 Å². The van der Waals surface area contributed by atoms with Crippen LogP contribution in [0, 0.1) is 0 Å². The molecule has 0 aromatic carbocycles. The smallest absolute Gasteiger partial charge is 0.324 e. The summed E-state index contributed by atoms with van der Waals surface area (Å²) in [5, 5.41) is 8.68. The lowest BCUT2D eigenvalue weighted by atomic mass is 10.3. The Morgan fingerprint density at radius 2 is 2.08 bits per heavy atom. The molecule has 0 aliphatic heterocycles. The first-order valence-electron chi connectivity index (χ1n) is 3.94. The van der Waals surface area contributed by atoms with E-state index in [0.717, 1.165) is 0 Å². The molecule has 0 saturated heterocycles. The van der Waals surface area contributed by atoms with Gasteiger partial charge in [0.15, 0.2) is 0 Å². The first kappa shape index (κ1) is 10.4. The van der Waals surface area contributed by atoms with Crippen LogP contribution in [-0.4, -0.2) is 31.6 Å². The summed E-state index contributed by atoms with van der Waals surface area (Å²) in [6.07, 6.45) is 0.708. The first-order chi connectivity index (χ1) is 5.92. The van der Waals surface area contributed by atoms with E-state index < -0.39 is 21.7 Å². The van der Waals surface area contributed by atoms with Gasteiger partial charge >= 0.3 is 5.97 Å². The highest BCUT2D eigenvalue weighted by Gasteiger charge is 2.53. The normalized spacial score (nSPS) is 19.8. The average molecular weight is 208 g/mol. The largest absolute Gasteiger partial charge is 0.480 e. The summed E-state index contributed by atoms with van der Waals surface area (Å²) < 4.78 is 26.5. The van der Waals surface area contributed by atoms with Gasteiger partial charge in [0.2, 0.25) is 0 Å². The SMILES string of the molecule is CCNS(=O)(=O)NC1(C(=O)O)CC1. The molecule has 0 aromatic heterocycles. The molecule has 0 aromatic rings. The Hall–Kier alpha value is -0.660. The third-order valence-corrected chi connectivity index (χ3v) is 3.15. The molecule has 1 fully saturated rings. The van der Waals surface area contributed by atoms with E-state index >= 15 is 0 Å². The number of carbonyl (C=O) groups is 1. The molecule has 0 atom stereocenters. The molecule has 0 heterocycles. The summed E-state index contributed by atoms with van der Waals surface area (Å²) in [6.45, 7) is 1.87. The summed E-state index contributed by atoms with van der Waals surface area (Å²) in [6, 6.07) is 0. The number of rotatable bonds is 5. The molecular weight excluding hydrogens is 196 g/mol. The second-order valence-corrected chi connectivity index (χ2v) is 4.49. The molecule has 0 unspecified atom stereocenters. The van der Waals surface area contributed by atoms with Crippen LogP contribution in [0.2, 0.25) is 0 Å². The maximum atomic E-state index is 11.1. The second kappa shape index (κ2) is 3.24. The van der Waals surface area contributed by atoms with Gasteiger partial charge in [0, 0.05) is 6.54 Å². The predicted molar refractivity (Wildman–Crippen MR) is 45.3 cm³/mol. The van der Waals surface area contributed by atoms with Crippen LogP contribution >= 0.6 is 0 Å². The fourth-order valence-corrected chi connectivity index (χ4v) is 2.23. The Labute approximate surface area is 76.5 Å². The van der Waals surface area contributed by atoms with Gasteiger partial charge in [0.25, 0.3) is 10.2 Å². The van der Waals surface area contributed by atoms with E-state index in [1.54, 1.807) is 6.92 Å². The summed E-state index contributed by atoms with van der Waals surface area (Å²) in [5.74, 6) is -1.12. The zero-order chi connectivity index (χ0) is 10.1. The quantitative estimate of drug-likeness (QED) is 0.542. The summed E-state index contributed by atoms with van der Waals surface area (Å²) in [5.41, 5.74) is -1.25. The van der Waals surface area contributed by atoms with E-state index in [1.165, 1.54) is 0 Å². The molecule has 1 aliphatic carbocycles. The minimum absolute atomic E-state index is 0.241. The maximum Gasteiger partial charge on any atom is 0.324 e. The van der Waals surface area contributed by atoms with Crippen LogP contribution in [0.15, 0.2) is 0 Å². The highest BCUT2D eigenvalue weighted by Crippen LogP contribution is 2.35. The van der Waals surface area contributed by atoms with Gasteiger partial charge in [0.1, 0.15) is 5.54 Å². The van der Waals surface area contributed by atoms with E-state index in [2.05, 4.69) is 9.44 Å². The number of aliphatic carboxylic acids is 1. The van der Waals surface area contributed by atoms with Crippen molar-refractivity contribution in [2.45, 2.75) is 25.3 Å². The molecule has 1 aliphatic rings. The zero-order valence-corrected chi connectivity index (χ0v) is 8.02. The molecule has 76 valence electrons. The molecule has 7 heteroatoms. The molecule has 3 N–H and O–H groups in total. The number of hydrogen-bond acceptors (Lipinski definition) is 3. The third kappa shape index (κ3) is 2.39. The summed E-state index contributed by atoms with van der Waals surface area (Å²) >= 11 is 0. The summed E-state index contributed by atoms with van der Waals surface area (Å²) in [4.78, 5) is 10.6. The van der Waals surface area contributed by atoms with Crippen molar-refractivity contribution in [3.05, 3.63) is 0 Å². The Balaban J connectivity index is 2.64. The first-order valence-corrected chi connectivity index (χ1v) is 5.42. The Morgan fingerprint density at radius 1 is 1.54 bits per heavy atom. The van der Waals surface area contributed by atoms with Gasteiger partial charge in [-0.25, -0.2) is 4.72 Å². The standard InChI is InChI=1S/C6H12N2O4S/c1-2-7-13(11,12)8-6(3-4-6)5(9)10/h7-8H,2-4H2,1H3,(H,9,10). The lowest BCUT2D eigenvalue weighted by molar-refractivity contribution is -0.140. The van der Waals surface area contributed by atoms with Gasteiger partial charge in [-0.05, 0) is 12.8 Å². The molecular formula is C6H12N2O4S. The minimum Gasteiger partial charge on any atom is -0.480 e. The Morgan fingerprint density at radius 3 is 2.38 bits per heavy atom. The third-order valence-electron chi connectivity index (χ3n) is 1.82. The number of carboxylic acid groups (broad SMARTS) is 1. The van der Waals surface area contributed by atoms with E-state index in [4.69, 9.17) is 5.11 Å². The highest BCUT2D eigenvalue weighted by molar-refractivity contribution is 7.87. The van der Waals surface area contributed by atoms with Crippen molar-refractivity contribution >= 4 is 16.2 Å². The summed E-state index contributed by atoms with van der Waals surface area (Å²) in [7, 11) is -3.65. The van der Waals surface area contributed by atoms with E-state index in [1.807, 2.05) is 0 Å². The van der Waals surface area contributed by atoms with Crippen molar-refractivity contribution in [2.75, 3.05) is 6.54 Å². The second-order valence-electron chi connectivity index (χ2n) is 2.99. The Kier molecular flexibility index (Phi) is 2.60. The van der Waals surface area contributed by atoms with Crippen molar-refractivity contribution in [3.63, 3.8) is 0 Å². The van der Waals surface area contributed by atoms with Crippen LogP contribution in [0.3, 0.4) is 0 Å². The fraction of sp³-hybridized carbons (Fsp3) is 0.833. The molecule has 1 rings (SSSR count). The van der Waals surface area contributed by atoms with Gasteiger partial charge in [-0.3, -0.25) is 4.79 Å². The maximum absolute atomic E-state index is 11.1. The van der Waals surface area contributed by atoms with Gasteiger partial charge in [-0.15, -0.1) is 0 Å². The lowest BCUT2D eigenvalue weighted by Crippen LogP contribution is -2.48. The molecule has 6 nitrogen and oxygen atoms in total. The van der Waals surface area contributed by atoms with Crippen LogP contribution in [0.4, 0.5) is 0 Å². The van der Waals surface area contributed by atoms with Crippen molar-refractivity contribution in [1.82, 2.24) is 9.44 Å². The fourth-order valence-electron chi connectivity index (χ4n) is 0.968. The van der Waals surface area contributed by atoms with Gasteiger partial charge in [0.05, 0.1) is 0 Å². The molecule has 13 heavy (non-hydrogen) atoms. The molecule has 0 radical (unpaired) electrons. The molecule has 0 bridgehead atoms. The predicted octanol–water partition coefficient (Wildman–Crippen LogP) is -0.952. The number of carboxylic acids is 1. The van der Waals surface area contributed by atoms with Crippen molar-refractivity contribution < 1.29 is 18.3 Å². The molecule has 0 spiro atoms. The van der Waals surface area contributed by atoms with E-state index in [0.29, 0.717) is 12.8 Å². The van der Waals surface area contributed by atoms with Crippen LogP contribution < -0.4 is 9.44 Å². The van der Waals surface area contributed by atoms with Crippen LogP contribution in [-0.2, 0) is 15.0 Å².